The largest absolute Gasteiger partial charge is 0.321 e. The Hall–Kier alpha value is -2.20. The molecule has 0 radical (unpaired) electrons. The highest BCUT2D eigenvalue weighted by molar-refractivity contribution is 6.29. The molecule has 1 aromatic carbocycles. The highest BCUT2D eigenvalue weighted by Gasteiger charge is 2.11. The van der Waals surface area contributed by atoms with Gasteiger partial charge in [-0.2, -0.15) is 0 Å². The number of amides is 1. The summed E-state index contributed by atoms with van der Waals surface area (Å²) in [6.45, 7) is 1.45. The Kier molecular flexibility index (Phi) is 3.92. The molecular weight excluding hydrogens is 264 g/mol. The number of halogens is 1. The molecule has 0 saturated heterocycles. The third kappa shape index (κ3) is 3.17. The van der Waals surface area contributed by atoms with Crippen LogP contribution in [-0.4, -0.2) is 16.7 Å². The Morgan fingerprint density at radius 3 is 2.63 bits per heavy atom. The first kappa shape index (κ1) is 13.2. The average Bonchev–Trinajstić information content (AvgIpc) is 2.39. The molecule has 0 aliphatic heterocycles. The van der Waals surface area contributed by atoms with Gasteiger partial charge in [0.25, 0.3) is 5.91 Å². The second-order valence-corrected chi connectivity index (χ2v) is 4.31. The van der Waals surface area contributed by atoms with E-state index in [0.29, 0.717) is 16.8 Å². The number of nitrogens with one attached hydrogen (secondary N) is 1. The molecule has 0 aliphatic carbocycles. The van der Waals surface area contributed by atoms with Gasteiger partial charge in [0, 0.05) is 17.3 Å². The van der Waals surface area contributed by atoms with E-state index in [1.807, 2.05) is 0 Å². The predicted molar refractivity (Wildman–Crippen MR) is 73.6 cm³/mol. The minimum Gasteiger partial charge on any atom is -0.321 e. The Balaban J connectivity index is 2.27. The lowest BCUT2D eigenvalue weighted by molar-refractivity contribution is 0.101. The van der Waals surface area contributed by atoms with Gasteiger partial charge in [0.15, 0.2) is 5.78 Å². The Morgan fingerprint density at radius 1 is 1.21 bits per heavy atom. The summed E-state index contributed by atoms with van der Waals surface area (Å²) >= 11 is 5.73. The van der Waals surface area contributed by atoms with Crippen molar-refractivity contribution in [1.29, 1.82) is 0 Å². The molecule has 4 nitrogen and oxygen atoms in total. The minimum absolute atomic E-state index is 0.108. The van der Waals surface area contributed by atoms with Gasteiger partial charge in [-0.05, 0) is 31.2 Å². The monoisotopic (exact) mass is 274 g/mol. The van der Waals surface area contributed by atoms with Gasteiger partial charge in [0.2, 0.25) is 0 Å². The van der Waals surface area contributed by atoms with Crippen LogP contribution in [0.5, 0.6) is 0 Å². The number of ketones is 1. The zero-order valence-corrected chi connectivity index (χ0v) is 10.9. The van der Waals surface area contributed by atoms with Crippen molar-refractivity contribution in [3.63, 3.8) is 0 Å². The molecule has 0 saturated carbocycles. The molecule has 1 amide bonds. The van der Waals surface area contributed by atoms with Crippen LogP contribution in [0.2, 0.25) is 5.15 Å². The lowest BCUT2D eigenvalue weighted by Gasteiger charge is -2.08. The van der Waals surface area contributed by atoms with Crippen molar-refractivity contribution in [3.05, 3.63) is 58.9 Å². The number of carbonyl (C=O) groups excluding carboxylic acids is 2. The van der Waals surface area contributed by atoms with Crippen LogP contribution >= 0.6 is 11.6 Å². The maximum atomic E-state index is 12.0. The quantitative estimate of drug-likeness (QED) is 0.691. The third-order valence-electron chi connectivity index (χ3n) is 2.54. The fourth-order valence-corrected chi connectivity index (χ4v) is 1.81. The standard InChI is InChI=1S/C14H11ClN2O2/c1-9(18)11-4-2-3-5-12(11)17-14(19)10-6-7-16-13(15)8-10/h2-8H,1H3,(H,17,19). The number of Topliss-reactive ketones (excluding diaryl/α,β-unsaturated/α-hetero) is 1. The lowest BCUT2D eigenvalue weighted by Crippen LogP contribution is -2.14. The van der Waals surface area contributed by atoms with Crippen molar-refractivity contribution in [2.45, 2.75) is 6.92 Å². The SMILES string of the molecule is CC(=O)c1ccccc1NC(=O)c1ccnc(Cl)c1. The number of hydrogen-bond acceptors (Lipinski definition) is 3. The molecule has 2 rings (SSSR count). The van der Waals surface area contributed by atoms with E-state index >= 15 is 0 Å². The summed E-state index contributed by atoms with van der Waals surface area (Å²) in [5.74, 6) is -0.443. The van der Waals surface area contributed by atoms with Crippen molar-refractivity contribution >= 4 is 29.0 Å². The molecule has 1 heterocycles. The van der Waals surface area contributed by atoms with E-state index in [2.05, 4.69) is 10.3 Å². The second-order valence-electron chi connectivity index (χ2n) is 3.92. The van der Waals surface area contributed by atoms with Gasteiger partial charge in [-0.15, -0.1) is 0 Å². The molecule has 5 heteroatoms. The molecular formula is C14H11ClN2O2. The number of anilines is 1. The molecule has 0 spiro atoms. The summed E-state index contributed by atoms with van der Waals surface area (Å²) in [6.07, 6.45) is 1.45. The van der Waals surface area contributed by atoms with Gasteiger partial charge >= 0.3 is 0 Å². The number of nitrogens with zero attached hydrogens (tertiary/aromatic N) is 1. The fraction of sp³-hybridized carbons (Fsp3) is 0.0714. The number of rotatable bonds is 3. The lowest BCUT2D eigenvalue weighted by atomic mass is 10.1. The number of benzene rings is 1. The van der Waals surface area contributed by atoms with Gasteiger partial charge in [-0.3, -0.25) is 9.59 Å². The number of aromatic nitrogens is 1. The van der Waals surface area contributed by atoms with Gasteiger partial charge in [-0.1, -0.05) is 23.7 Å². The molecule has 0 fully saturated rings. The van der Waals surface area contributed by atoms with Gasteiger partial charge in [-0.25, -0.2) is 4.98 Å². The molecule has 0 atom stereocenters. The van der Waals surface area contributed by atoms with E-state index in [-0.39, 0.29) is 16.8 Å². The Morgan fingerprint density at radius 2 is 1.95 bits per heavy atom. The zero-order valence-electron chi connectivity index (χ0n) is 10.2. The van der Waals surface area contributed by atoms with E-state index in [4.69, 9.17) is 11.6 Å². The minimum atomic E-state index is -0.335. The normalized spacial score (nSPS) is 10.0. The van der Waals surface area contributed by atoms with Crippen molar-refractivity contribution in [3.8, 4) is 0 Å². The van der Waals surface area contributed by atoms with Gasteiger partial charge < -0.3 is 5.32 Å². The highest BCUT2D eigenvalue weighted by atomic mass is 35.5. The van der Waals surface area contributed by atoms with Crippen molar-refractivity contribution in [2.75, 3.05) is 5.32 Å². The van der Waals surface area contributed by atoms with Crippen LogP contribution in [0.15, 0.2) is 42.6 Å². The number of carbonyl (C=O) groups is 2. The molecule has 0 unspecified atom stereocenters. The predicted octanol–water partition coefficient (Wildman–Crippen LogP) is 3.19. The van der Waals surface area contributed by atoms with E-state index < -0.39 is 0 Å². The van der Waals surface area contributed by atoms with Crippen LogP contribution in [0.1, 0.15) is 27.6 Å². The van der Waals surface area contributed by atoms with Crippen LogP contribution in [0.25, 0.3) is 0 Å². The molecule has 96 valence electrons. The maximum absolute atomic E-state index is 12.0. The average molecular weight is 275 g/mol. The van der Waals surface area contributed by atoms with E-state index in [9.17, 15) is 9.59 Å². The van der Waals surface area contributed by atoms with E-state index in [0.717, 1.165) is 0 Å². The molecule has 0 aliphatic rings. The van der Waals surface area contributed by atoms with Gasteiger partial charge in [0.1, 0.15) is 5.15 Å². The number of para-hydroxylation sites is 1. The summed E-state index contributed by atoms with van der Waals surface area (Å²) in [6, 6.07) is 9.86. The second kappa shape index (κ2) is 5.63. The van der Waals surface area contributed by atoms with Crippen LogP contribution in [-0.2, 0) is 0 Å². The summed E-state index contributed by atoms with van der Waals surface area (Å²) in [5.41, 5.74) is 1.34. The fourth-order valence-electron chi connectivity index (χ4n) is 1.64. The first-order valence-electron chi connectivity index (χ1n) is 5.61. The molecule has 19 heavy (non-hydrogen) atoms. The first-order chi connectivity index (χ1) is 9.08. The zero-order chi connectivity index (χ0) is 13.8. The summed E-state index contributed by atoms with van der Waals surface area (Å²) in [5, 5.41) is 2.93. The van der Waals surface area contributed by atoms with Gasteiger partial charge in [0.05, 0.1) is 5.69 Å². The van der Waals surface area contributed by atoms with E-state index in [1.54, 1.807) is 30.3 Å². The topological polar surface area (TPSA) is 59.1 Å². The number of pyridine rings is 1. The smallest absolute Gasteiger partial charge is 0.255 e. The Bertz CT molecular complexity index is 641. The first-order valence-corrected chi connectivity index (χ1v) is 5.98. The van der Waals surface area contributed by atoms with E-state index in [1.165, 1.54) is 19.2 Å². The third-order valence-corrected chi connectivity index (χ3v) is 2.75. The molecule has 0 bridgehead atoms. The van der Waals surface area contributed by atoms with Crippen molar-refractivity contribution in [2.24, 2.45) is 0 Å². The van der Waals surface area contributed by atoms with Crippen LogP contribution < -0.4 is 5.32 Å². The van der Waals surface area contributed by atoms with Crippen molar-refractivity contribution in [1.82, 2.24) is 4.98 Å². The van der Waals surface area contributed by atoms with Crippen LogP contribution in [0.3, 0.4) is 0 Å². The van der Waals surface area contributed by atoms with Crippen LogP contribution in [0, 0.1) is 0 Å². The molecule has 1 N–H and O–H groups in total. The maximum Gasteiger partial charge on any atom is 0.255 e. The molecule has 1 aromatic heterocycles. The molecule has 2 aromatic rings. The Labute approximate surface area is 115 Å². The summed E-state index contributed by atoms with van der Waals surface area (Å²) in [4.78, 5) is 27.3. The number of hydrogen-bond donors (Lipinski definition) is 1. The summed E-state index contributed by atoms with van der Waals surface area (Å²) < 4.78 is 0. The van der Waals surface area contributed by atoms with Crippen LogP contribution in [0.4, 0.5) is 5.69 Å². The highest BCUT2D eigenvalue weighted by Crippen LogP contribution is 2.17. The van der Waals surface area contributed by atoms with Crippen molar-refractivity contribution < 1.29 is 9.59 Å². The summed E-state index contributed by atoms with van der Waals surface area (Å²) in [7, 11) is 0.